The average molecular weight is 292 g/mol. The van der Waals surface area contributed by atoms with E-state index in [4.69, 9.17) is 11.6 Å². The van der Waals surface area contributed by atoms with Crippen LogP contribution < -0.4 is 5.32 Å². The smallest absolute Gasteiger partial charge is 0.168 e. The van der Waals surface area contributed by atoms with Gasteiger partial charge in [-0.2, -0.15) is 0 Å². The van der Waals surface area contributed by atoms with Crippen molar-refractivity contribution in [2.45, 2.75) is 0 Å². The molecule has 1 N–H and O–H groups in total. The summed E-state index contributed by atoms with van der Waals surface area (Å²) in [5, 5.41) is 2.99. The molecule has 100 valence electrons. The molecule has 1 heterocycles. The number of rotatable bonds is 2. The van der Waals surface area contributed by atoms with Gasteiger partial charge in [-0.05, 0) is 24.3 Å². The van der Waals surface area contributed by atoms with Crippen LogP contribution in [-0.4, -0.2) is 9.97 Å². The predicted octanol–water partition coefficient (Wildman–Crippen LogP) is 4.31. The van der Waals surface area contributed by atoms with E-state index in [1.807, 2.05) is 18.2 Å². The summed E-state index contributed by atoms with van der Waals surface area (Å²) in [6.07, 6.45) is 1.37. The Hall–Kier alpha value is -2.27. The van der Waals surface area contributed by atoms with Crippen molar-refractivity contribution in [2.24, 2.45) is 0 Å². The second-order valence-corrected chi connectivity index (χ2v) is 4.47. The van der Waals surface area contributed by atoms with Crippen LogP contribution in [0.3, 0.4) is 0 Å². The summed E-state index contributed by atoms with van der Waals surface area (Å²) in [5.41, 5.74) is 0.777. The number of nitrogens with zero attached hydrogens (tertiary/aromatic N) is 2. The minimum Gasteiger partial charge on any atom is -0.337 e. The van der Waals surface area contributed by atoms with E-state index in [-0.39, 0.29) is 5.69 Å². The molecule has 0 saturated heterocycles. The molecule has 20 heavy (non-hydrogen) atoms. The third-order valence-electron chi connectivity index (χ3n) is 2.83. The van der Waals surface area contributed by atoms with E-state index in [9.17, 15) is 8.78 Å². The molecule has 3 aromatic rings. The molecular weight excluding hydrogens is 284 g/mol. The third kappa shape index (κ3) is 2.16. The van der Waals surface area contributed by atoms with Gasteiger partial charge in [0.2, 0.25) is 0 Å². The van der Waals surface area contributed by atoms with Crippen LogP contribution in [0.2, 0.25) is 5.02 Å². The van der Waals surface area contributed by atoms with Crippen molar-refractivity contribution in [3.8, 4) is 0 Å². The topological polar surface area (TPSA) is 37.8 Å². The lowest BCUT2D eigenvalue weighted by molar-refractivity contribution is 0.587. The molecule has 3 nitrogen and oxygen atoms in total. The van der Waals surface area contributed by atoms with Gasteiger partial charge in [-0.3, -0.25) is 0 Å². The Morgan fingerprint density at radius 2 is 1.80 bits per heavy atom. The van der Waals surface area contributed by atoms with Crippen LogP contribution in [0.5, 0.6) is 0 Å². The standard InChI is InChI=1S/C14H8ClF2N3/c15-12-9(16)5-6-11(13(12)17)20-14-8-3-1-2-4-10(8)18-7-19-14/h1-7H,(H,18,19,20). The molecule has 2 aromatic carbocycles. The number of para-hydroxylation sites is 1. The van der Waals surface area contributed by atoms with Crippen LogP contribution in [0, 0.1) is 11.6 Å². The van der Waals surface area contributed by atoms with E-state index >= 15 is 0 Å². The minimum atomic E-state index is -0.852. The molecule has 0 bridgehead atoms. The number of hydrogen-bond acceptors (Lipinski definition) is 3. The van der Waals surface area contributed by atoms with Crippen LogP contribution in [0.1, 0.15) is 0 Å². The fraction of sp³-hybridized carbons (Fsp3) is 0. The van der Waals surface area contributed by atoms with E-state index in [0.29, 0.717) is 5.82 Å². The van der Waals surface area contributed by atoms with Crippen molar-refractivity contribution in [3.05, 3.63) is 59.4 Å². The Bertz CT molecular complexity index is 787. The summed E-state index contributed by atoms with van der Waals surface area (Å²) < 4.78 is 27.0. The first-order valence-electron chi connectivity index (χ1n) is 5.77. The van der Waals surface area contributed by atoms with Crippen molar-refractivity contribution in [2.75, 3.05) is 5.32 Å². The number of nitrogens with one attached hydrogen (secondary N) is 1. The zero-order valence-corrected chi connectivity index (χ0v) is 10.8. The van der Waals surface area contributed by atoms with E-state index in [1.54, 1.807) is 6.07 Å². The number of fused-ring (bicyclic) bond motifs is 1. The fourth-order valence-corrected chi connectivity index (χ4v) is 2.02. The van der Waals surface area contributed by atoms with E-state index in [2.05, 4.69) is 15.3 Å². The maximum absolute atomic E-state index is 13.9. The third-order valence-corrected chi connectivity index (χ3v) is 3.18. The molecule has 1 aromatic heterocycles. The quantitative estimate of drug-likeness (QED) is 0.715. The lowest BCUT2D eigenvalue weighted by atomic mass is 10.2. The maximum atomic E-state index is 13.9. The first kappa shape index (κ1) is 12.7. The molecule has 0 unspecified atom stereocenters. The molecule has 3 rings (SSSR count). The van der Waals surface area contributed by atoms with Gasteiger partial charge >= 0.3 is 0 Å². The highest BCUT2D eigenvalue weighted by Gasteiger charge is 2.13. The van der Waals surface area contributed by atoms with Gasteiger partial charge in [0, 0.05) is 5.39 Å². The Morgan fingerprint density at radius 3 is 2.65 bits per heavy atom. The molecule has 0 radical (unpaired) electrons. The van der Waals surface area contributed by atoms with E-state index < -0.39 is 16.7 Å². The fourth-order valence-electron chi connectivity index (χ4n) is 1.85. The number of aromatic nitrogens is 2. The maximum Gasteiger partial charge on any atom is 0.168 e. The molecule has 0 aliphatic rings. The highest BCUT2D eigenvalue weighted by molar-refractivity contribution is 6.31. The van der Waals surface area contributed by atoms with Crippen LogP contribution in [0.15, 0.2) is 42.7 Å². The first-order chi connectivity index (χ1) is 9.66. The predicted molar refractivity (Wildman–Crippen MR) is 74.2 cm³/mol. The highest BCUT2D eigenvalue weighted by atomic mass is 35.5. The molecule has 0 amide bonds. The Kier molecular flexibility index (Phi) is 3.20. The molecule has 0 aliphatic carbocycles. The van der Waals surface area contributed by atoms with Gasteiger partial charge in [0.15, 0.2) is 5.82 Å². The lowest BCUT2D eigenvalue weighted by Crippen LogP contribution is -1.99. The SMILES string of the molecule is Fc1ccc(Nc2ncnc3ccccc23)c(F)c1Cl. The lowest BCUT2D eigenvalue weighted by Gasteiger charge is -2.10. The monoisotopic (exact) mass is 291 g/mol. The van der Waals surface area contributed by atoms with Crippen molar-refractivity contribution in [1.29, 1.82) is 0 Å². The van der Waals surface area contributed by atoms with Crippen molar-refractivity contribution >= 4 is 34.0 Å². The summed E-state index contributed by atoms with van der Waals surface area (Å²) in [6, 6.07) is 9.65. The van der Waals surface area contributed by atoms with Crippen LogP contribution in [-0.2, 0) is 0 Å². The number of halogens is 3. The first-order valence-corrected chi connectivity index (χ1v) is 6.15. The van der Waals surface area contributed by atoms with Gasteiger partial charge in [-0.15, -0.1) is 0 Å². The van der Waals surface area contributed by atoms with E-state index in [1.165, 1.54) is 12.4 Å². The van der Waals surface area contributed by atoms with Gasteiger partial charge in [-0.25, -0.2) is 18.7 Å². The molecular formula is C14H8ClF2N3. The van der Waals surface area contributed by atoms with Crippen LogP contribution in [0.25, 0.3) is 10.9 Å². The normalized spacial score (nSPS) is 10.8. The Balaban J connectivity index is 2.08. The average Bonchev–Trinajstić information content (AvgIpc) is 2.48. The van der Waals surface area contributed by atoms with Crippen molar-refractivity contribution in [1.82, 2.24) is 9.97 Å². The van der Waals surface area contributed by atoms with Gasteiger partial charge in [0.1, 0.15) is 23.0 Å². The van der Waals surface area contributed by atoms with Gasteiger partial charge in [-0.1, -0.05) is 23.7 Å². The largest absolute Gasteiger partial charge is 0.337 e. The summed E-state index contributed by atoms with van der Waals surface area (Å²) in [6.45, 7) is 0. The van der Waals surface area contributed by atoms with E-state index in [0.717, 1.165) is 17.0 Å². The number of hydrogen-bond donors (Lipinski definition) is 1. The zero-order chi connectivity index (χ0) is 14.1. The number of anilines is 2. The molecule has 0 aliphatic heterocycles. The summed E-state index contributed by atoms with van der Waals surface area (Å²) in [5.74, 6) is -1.23. The van der Waals surface area contributed by atoms with Gasteiger partial charge in [0.05, 0.1) is 11.2 Å². The molecule has 6 heteroatoms. The van der Waals surface area contributed by atoms with Crippen LogP contribution >= 0.6 is 11.6 Å². The zero-order valence-electron chi connectivity index (χ0n) is 10.1. The second kappa shape index (κ2) is 5.02. The molecule has 0 spiro atoms. The summed E-state index contributed by atoms with van der Waals surface area (Å²) in [4.78, 5) is 8.18. The Morgan fingerprint density at radius 1 is 1.00 bits per heavy atom. The molecule has 0 atom stereocenters. The van der Waals surface area contributed by atoms with Crippen LogP contribution in [0.4, 0.5) is 20.3 Å². The number of benzene rings is 2. The summed E-state index contributed by atoms with van der Waals surface area (Å²) >= 11 is 5.54. The van der Waals surface area contributed by atoms with Gasteiger partial charge < -0.3 is 5.32 Å². The summed E-state index contributed by atoms with van der Waals surface area (Å²) in [7, 11) is 0. The van der Waals surface area contributed by atoms with Gasteiger partial charge in [0.25, 0.3) is 0 Å². The highest BCUT2D eigenvalue weighted by Crippen LogP contribution is 2.29. The second-order valence-electron chi connectivity index (χ2n) is 4.09. The molecule has 0 fully saturated rings. The van der Waals surface area contributed by atoms with Crippen molar-refractivity contribution < 1.29 is 8.78 Å². The Labute approximate surface area is 118 Å². The minimum absolute atomic E-state index is 0.0558. The van der Waals surface area contributed by atoms with Crippen molar-refractivity contribution in [3.63, 3.8) is 0 Å². The molecule has 0 saturated carbocycles.